The van der Waals surface area contributed by atoms with Gasteiger partial charge in [0.25, 0.3) is 17.7 Å². The zero-order valence-electron chi connectivity index (χ0n) is 16.6. The molecule has 6 heteroatoms. The number of nitrogens with one attached hydrogen (secondary N) is 1. The molecular weight excluding hydrogens is 390 g/mol. The van der Waals surface area contributed by atoms with Gasteiger partial charge in [-0.25, -0.2) is 4.90 Å². The Morgan fingerprint density at radius 1 is 0.839 bits per heavy atom. The van der Waals surface area contributed by atoms with E-state index in [-0.39, 0.29) is 17.7 Å². The largest absolute Gasteiger partial charge is 0.320 e. The van der Waals surface area contributed by atoms with Crippen molar-refractivity contribution in [2.45, 2.75) is 6.92 Å². The lowest BCUT2D eigenvalue weighted by Crippen LogP contribution is -2.29. The summed E-state index contributed by atoms with van der Waals surface area (Å²) in [5, 5.41) is 4.29. The molecular formula is C25H17N3O3. The van der Waals surface area contributed by atoms with Crippen LogP contribution in [-0.4, -0.2) is 22.7 Å². The Hall–Kier alpha value is -4.32. The number of rotatable bonds is 3. The van der Waals surface area contributed by atoms with E-state index in [9.17, 15) is 14.4 Å². The van der Waals surface area contributed by atoms with Crippen LogP contribution in [0.1, 0.15) is 36.8 Å². The Labute approximate surface area is 178 Å². The number of pyridine rings is 1. The molecule has 1 aliphatic heterocycles. The fraction of sp³-hybridized carbons (Fsp3) is 0.0400. The van der Waals surface area contributed by atoms with Crippen LogP contribution in [0.25, 0.3) is 10.8 Å². The van der Waals surface area contributed by atoms with Crippen LogP contribution < -0.4 is 10.2 Å². The third-order valence-electron chi connectivity index (χ3n) is 5.41. The van der Waals surface area contributed by atoms with E-state index in [1.807, 2.05) is 37.3 Å². The van der Waals surface area contributed by atoms with E-state index in [0.717, 1.165) is 10.9 Å². The summed E-state index contributed by atoms with van der Waals surface area (Å²) in [4.78, 5) is 44.1. The zero-order valence-corrected chi connectivity index (χ0v) is 16.6. The molecule has 1 N–H and O–H groups in total. The van der Waals surface area contributed by atoms with Gasteiger partial charge in [0.1, 0.15) is 5.69 Å². The molecule has 6 nitrogen and oxygen atoms in total. The molecule has 0 saturated carbocycles. The van der Waals surface area contributed by atoms with Crippen LogP contribution in [0.5, 0.6) is 0 Å². The second kappa shape index (κ2) is 7.18. The van der Waals surface area contributed by atoms with Crippen molar-refractivity contribution in [1.29, 1.82) is 0 Å². The highest BCUT2D eigenvalue weighted by atomic mass is 16.2. The third-order valence-corrected chi connectivity index (χ3v) is 5.41. The predicted molar refractivity (Wildman–Crippen MR) is 118 cm³/mol. The molecule has 1 aromatic heterocycles. The maximum Gasteiger partial charge on any atom is 0.274 e. The van der Waals surface area contributed by atoms with Crippen molar-refractivity contribution < 1.29 is 14.4 Å². The second-order valence-electron chi connectivity index (χ2n) is 7.29. The zero-order chi connectivity index (χ0) is 21.5. The highest BCUT2D eigenvalue weighted by Gasteiger charge is 2.38. The molecule has 3 amide bonds. The van der Waals surface area contributed by atoms with Crippen LogP contribution in [0, 0.1) is 6.92 Å². The lowest BCUT2D eigenvalue weighted by atomic mass is 10.0. The number of hydrogen-bond donors (Lipinski definition) is 1. The van der Waals surface area contributed by atoms with Gasteiger partial charge in [-0.05, 0) is 42.8 Å². The Kier molecular flexibility index (Phi) is 4.33. The topological polar surface area (TPSA) is 79.4 Å². The summed E-state index contributed by atoms with van der Waals surface area (Å²) in [5.41, 5.74) is 2.96. The molecule has 1 aliphatic rings. The number of carbonyl (C=O) groups excluding carboxylic acids is 3. The van der Waals surface area contributed by atoms with Crippen molar-refractivity contribution in [3.05, 3.63) is 101 Å². The average Bonchev–Trinajstić information content (AvgIpc) is 3.05. The van der Waals surface area contributed by atoms with E-state index >= 15 is 0 Å². The summed E-state index contributed by atoms with van der Waals surface area (Å²) in [5.74, 6) is -1.03. The maximum absolute atomic E-state index is 13.1. The second-order valence-corrected chi connectivity index (χ2v) is 7.29. The van der Waals surface area contributed by atoms with E-state index in [0.29, 0.717) is 33.6 Å². The average molecular weight is 407 g/mol. The first-order valence-corrected chi connectivity index (χ1v) is 9.79. The summed E-state index contributed by atoms with van der Waals surface area (Å²) < 4.78 is 0. The van der Waals surface area contributed by atoms with Crippen LogP contribution >= 0.6 is 0 Å². The van der Waals surface area contributed by atoms with Gasteiger partial charge in [-0.2, -0.15) is 0 Å². The van der Waals surface area contributed by atoms with E-state index in [4.69, 9.17) is 0 Å². The van der Waals surface area contributed by atoms with E-state index in [1.165, 1.54) is 4.90 Å². The summed E-state index contributed by atoms with van der Waals surface area (Å²) >= 11 is 0. The quantitative estimate of drug-likeness (QED) is 0.504. The van der Waals surface area contributed by atoms with E-state index < -0.39 is 0 Å². The number of hydrogen-bond acceptors (Lipinski definition) is 4. The predicted octanol–water partition coefficient (Wildman–Crippen LogP) is 4.60. The number of aryl methyl sites for hydroxylation is 1. The Morgan fingerprint density at radius 3 is 2.35 bits per heavy atom. The smallest absolute Gasteiger partial charge is 0.274 e. The molecule has 5 rings (SSSR count). The number of anilines is 2. The first-order valence-electron chi connectivity index (χ1n) is 9.79. The molecule has 150 valence electrons. The molecule has 31 heavy (non-hydrogen) atoms. The number of fused-ring (bicyclic) bond motifs is 2. The minimum absolute atomic E-state index is 0.298. The van der Waals surface area contributed by atoms with Gasteiger partial charge in [-0.1, -0.05) is 42.5 Å². The summed E-state index contributed by atoms with van der Waals surface area (Å²) in [6.45, 7) is 1.82. The van der Waals surface area contributed by atoms with E-state index in [1.54, 1.807) is 48.7 Å². The monoisotopic (exact) mass is 407 g/mol. The normalized spacial score (nSPS) is 12.9. The van der Waals surface area contributed by atoms with Gasteiger partial charge < -0.3 is 5.32 Å². The Balaban J connectivity index is 1.59. The van der Waals surface area contributed by atoms with Gasteiger partial charge in [0.2, 0.25) is 0 Å². The minimum atomic E-state index is -0.348. The summed E-state index contributed by atoms with van der Waals surface area (Å²) in [6, 6.07) is 21.1. The number of carbonyl (C=O) groups is 3. The van der Waals surface area contributed by atoms with Crippen LogP contribution in [-0.2, 0) is 0 Å². The molecule has 0 atom stereocenters. The third kappa shape index (κ3) is 2.97. The summed E-state index contributed by atoms with van der Waals surface area (Å²) in [6.07, 6.45) is 1.56. The van der Waals surface area contributed by atoms with E-state index in [2.05, 4.69) is 10.3 Å². The van der Waals surface area contributed by atoms with Gasteiger partial charge >= 0.3 is 0 Å². The van der Waals surface area contributed by atoms with Gasteiger partial charge in [-0.15, -0.1) is 0 Å². The molecule has 0 saturated heterocycles. The Bertz CT molecular complexity index is 1380. The fourth-order valence-electron chi connectivity index (χ4n) is 3.94. The SMILES string of the molecule is Cc1cccc2c1C(=O)N(c1ccc(NC(=O)c3ccccn3)c3ccccc13)C2=O. The lowest BCUT2D eigenvalue weighted by Gasteiger charge is -2.18. The minimum Gasteiger partial charge on any atom is -0.320 e. The van der Waals surface area contributed by atoms with Gasteiger partial charge in [0.15, 0.2) is 0 Å². The molecule has 0 spiro atoms. The maximum atomic E-state index is 13.1. The first kappa shape index (κ1) is 18.7. The van der Waals surface area contributed by atoms with Crippen LogP contribution in [0.3, 0.4) is 0 Å². The number of imide groups is 1. The van der Waals surface area contributed by atoms with Gasteiger partial charge in [0, 0.05) is 22.7 Å². The number of aromatic nitrogens is 1. The molecule has 0 unspecified atom stereocenters. The standard InChI is InChI=1S/C25H17N3O3/c1-15-7-6-10-18-22(15)25(31)28(24(18)30)21-13-12-19(16-8-2-3-9-17(16)21)27-23(29)20-11-4-5-14-26-20/h2-14H,1H3,(H,27,29). The lowest BCUT2D eigenvalue weighted by molar-refractivity contribution is 0.0925. The molecule has 0 radical (unpaired) electrons. The van der Waals surface area contributed by atoms with Crippen LogP contribution in [0.2, 0.25) is 0 Å². The van der Waals surface area contributed by atoms with Crippen LogP contribution in [0.4, 0.5) is 11.4 Å². The number of benzene rings is 3. The summed E-state index contributed by atoms with van der Waals surface area (Å²) in [7, 11) is 0. The molecule has 3 aromatic carbocycles. The van der Waals surface area contributed by atoms with Crippen molar-refractivity contribution in [3.8, 4) is 0 Å². The number of nitrogens with zero attached hydrogens (tertiary/aromatic N) is 2. The van der Waals surface area contributed by atoms with Crippen molar-refractivity contribution in [3.63, 3.8) is 0 Å². The van der Waals surface area contributed by atoms with Gasteiger partial charge in [0.05, 0.1) is 16.8 Å². The molecule has 2 heterocycles. The molecule has 4 aromatic rings. The number of amides is 3. The highest BCUT2D eigenvalue weighted by molar-refractivity contribution is 6.36. The molecule has 0 aliphatic carbocycles. The van der Waals surface area contributed by atoms with Crippen molar-refractivity contribution in [2.24, 2.45) is 0 Å². The fourth-order valence-corrected chi connectivity index (χ4v) is 3.94. The van der Waals surface area contributed by atoms with Crippen molar-refractivity contribution in [2.75, 3.05) is 10.2 Å². The Morgan fingerprint density at radius 2 is 1.61 bits per heavy atom. The van der Waals surface area contributed by atoms with Crippen LogP contribution in [0.15, 0.2) is 79.0 Å². The highest BCUT2D eigenvalue weighted by Crippen LogP contribution is 2.37. The van der Waals surface area contributed by atoms with Crippen molar-refractivity contribution >= 4 is 39.9 Å². The van der Waals surface area contributed by atoms with Crippen molar-refractivity contribution in [1.82, 2.24) is 4.98 Å². The first-order chi connectivity index (χ1) is 15.1. The molecule has 0 bridgehead atoms. The van der Waals surface area contributed by atoms with Gasteiger partial charge in [-0.3, -0.25) is 19.4 Å². The molecule has 0 fully saturated rings.